The van der Waals surface area contributed by atoms with Crippen molar-refractivity contribution < 1.29 is 14.3 Å². The van der Waals surface area contributed by atoms with Gasteiger partial charge in [0.1, 0.15) is 0 Å². The van der Waals surface area contributed by atoms with E-state index < -0.39 is 0 Å². The summed E-state index contributed by atoms with van der Waals surface area (Å²) < 4.78 is 10.4. The second-order valence-electron chi connectivity index (χ2n) is 4.12. The number of hydrogen-bond acceptors (Lipinski definition) is 4. The third-order valence-corrected chi connectivity index (χ3v) is 2.82. The van der Waals surface area contributed by atoms with Crippen LogP contribution in [-0.4, -0.2) is 26.2 Å². The number of nitrogens with one attached hydrogen (secondary N) is 1. The normalized spacial score (nSPS) is 14.8. The number of rotatable bonds is 4. The zero-order chi connectivity index (χ0) is 12.8. The Morgan fingerprint density at radius 1 is 1.33 bits per heavy atom. The van der Waals surface area contributed by atoms with E-state index in [9.17, 15) is 4.79 Å². The number of esters is 1. The molecule has 0 radical (unpaired) electrons. The highest BCUT2D eigenvalue weighted by atomic mass is 16.6. The Morgan fingerprint density at radius 3 is 2.78 bits per heavy atom. The van der Waals surface area contributed by atoms with Crippen LogP contribution in [-0.2, 0) is 4.79 Å². The summed E-state index contributed by atoms with van der Waals surface area (Å²) in [6.45, 7) is 1.76. The Hall–Kier alpha value is -1.81. The summed E-state index contributed by atoms with van der Waals surface area (Å²) in [6, 6.07) is 7.15. The fraction of sp³-hybridized carbons (Fsp3) is 0.357. The van der Waals surface area contributed by atoms with Gasteiger partial charge in [-0.1, -0.05) is 23.8 Å². The fourth-order valence-corrected chi connectivity index (χ4v) is 1.88. The van der Waals surface area contributed by atoms with Crippen molar-refractivity contribution in [2.45, 2.75) is 12.8 Å². The van der Waals surface area contributed by atoms with Crippen molar-refractivity contribution in [1.29, 1.82) is 0 Å². The zero-order valence-corrected chi connectivity index (χ0v) is 10.4. The van der Waals surface area contributed by atoms with E-state index in [1.807, 2.05) is 18.2 Å². The van der Waals surface area contributed by atoms with Crippen LogP contribution < -0.4 is 14.8 Å². The maximum atomic E-state index is 11.8. The molecule has 1 aromatic rings. The molecule has 0 fully saturated rings. The molecule has 1 aliphatic heterocycles. The molecule has 1 N–H and O–H groups in total. The first-order valence-corrected chi connectivity index (χ1v) is 6.02. The quantitative estimate of drug-likeness (QED) is 0.501. The van der Waals surface area contributed by atoms with Gasteiger partial charge in [-0.05, 0) is 25.1 Å². The Morgan fingerprint density at radius 2 is 2.11 bits per heavy atom. The standard InChI is InChI=1S/C14H17NO3/c1-17-12-4-2-3-5-13(12)18-14(16)10-11-6-8-15-9-7-11/h2-6,15H,7-10H2,1H3. The molecule has 0 amide bonds. The zero-order valence-electron chi connectivity index (χ0n) is 10.4. The third-order valence-electron chi connectivity index (χ3n) is 2.82. The molecule has 1 aliphatic rings. The SMILES string of the molecule is COc1ccccc1OC(=O)CC1=CCNCC1. The molecule has 0 atom stereocenters. The predicted molar refractivity (Wildman–Crippen MR) is 68.8 cm³/mol. The van der Waals surface area contributed by atoms with Crippen molar-refractivity contribution in [2.75, 3.05) is 20.2 Å². The van der Waals surface area contributed by atoms with Gasteiger partial charge in [-0.3, -0.25) is 4.79 Å². The lowest BCUT2D eigenvalue weighted by molar-refractivity contribution is -0.133. The molecule has 0 aromatic heterocycles. The lowest BCUT2D eigenvalue weighted by atomic mass is 10.1. The summed E-state index contributed by atoms with van der Waals surface area (Å²) in [5.41, 5.74) is 1.13. The van der Waals surface area contributed by atoms with Gasteiger partial charge in [0.15, 0.2) is 11.5 Å². The Kier molecular flexibility index (Phi) is 4.36. The van der Waals surface area contributed by atoms with Crippen LogP contribution in [0.15, 0.2) is 35.9 Å². The molecular formula is C14H17NO3. The first-order chi connectivity index (χ1) is 8.79. The Bertz CT molecular complexity index is 454. The lowest BCUT2D eigenvalue weighted by Crippen LogP contribution is -2.22. The van der Waals surface area contributed by atoms with Gasteiger partial charge in [0.25, 0.3) is 0 Å². The van der Waals surface area contributed by atoms with Gasteiger partial charge in [0.2, 0.25) is 0 Å². The van der Waals surface area contributed by atoms with Crippen molar-refractivity contribution in [3.8, 4) is 11.5 Å². The number of carbonyl (C=O) groups excluding carboxylic acids is 1. The highest BCUT2D eigenvalue weighted by Crippen LogP contribution is 2.26. The topological polar surface area (TPSA) is 47.6 Å². The number of benzene rings is 1. The Labute approximate surface area is 107 Å². The van der Waals surface area contributed by atoms with E-state index in [0.717, 1.165) is 25.1 Å². The molecule has 0 aliphatic carbocycles. The molecule has 0 spiro atoms. The number of hydrogen-bond donors (Lipinski definition) is 1. The average molecular weight is 247 g/mol. The molecule has 0 bridgehead atoms. The van der Waals surface area contributed by atoms with Gasteiger partial charge in [0.05, 0.1) is 13.5 Å². The van der Waals surface area contributed by atoms with E-state index in [2.05, 4.69) is 5.32 Å². The minimum atomic E-state index is -0.243. The first-order valence-electron chi connectivity index (χ1n) is 6.02. The summed E-state index contributed by atoms with van der Waals surface area (Å²) in [5, 5.41) is 3.21. The highest BCUT2D eigenvalue weighted by Gasteiger charge is 2.12. The molecule has 0 saturated heterocycles. The van der Waals surface area contributed by atoms with Crippen molar-refractivity contribution in [1.82, 2.24) is 5.32 Å². The van der Waals surface area contributed by atoms with Crippen LogP contribution in [0.5, 0.6) is 11.5 Å². The second kappa shape index (κ2) is 6.21. The van der Waals surface area contributed by atoms with Crippen LogP contribution in [0.4, 0.5) is 0 Å². The number of para-hydroxylation sites is 2. The van der Waals surface area contributed by atoms with Gasteiger partial charge in [-0.25, -0.2) is 0 Å². The average Bonchev–Trinajstić information content (AvgIpc) is 2.40. The summed E-state index contributed by atoms with van der Waals surface area (Å²) >= 11 is 0. The van der Waals surface area contributed by atoms with Crippen molar-refractivity contribution in [3.63, 3.8) is 0 Å². The molecule has 0 saturated carbocycles. The van der Waals surface area contributed by atoms with E-state index in [-0.39, 0.29) is 5.97 Å². The van der Waals surface area contributed by atoms with E-state index >= 15 is 0 Å². The number of methoxy groups -OCH3 is 1. The molecule has 1 aromatic carbocycles. The summed E-state index contributed by atoms with van der Waals surface area (Å²) in [7, 11) is 1.56. The van der Waals surface area contributed by atoms with Gasteiger partial charge in [0, 0.05) is 6.54 Å². The smallest absolute Gasteiger partial charge is 0.315 e. The van der Waals surface area contributed by atoms with E-state index in [1.165, 1.54) is 0 Å². The minimum Gasteiger partial charge on any atom is -0.493 e. The molecule has 4 nitrogen and oxygen atoms in total. The van der Waals surface area contributed by atoms with Crippen LogP contribution in [0, 0.1) is 0 Å². The minimum absolute atomic E-state index is 0.243. The van der Waals surface area contributed by atoms with Crippen LogP contribution in [0.2, 0.25) is 0 Å². The molecular weight excluding hydrogens is 230 g/mol. The fourth-order valence-electron chi connectivity index (χ4n) is 1.88. The molecule has 96 valence electrons. The van der Waals surface area contributed by atoms with Gasteiger partial charge >= 0.3 is 5.97 Å². The molecule has 18 heavy (non-hydrogen) atoms. The third kappa shape index (κ3) is 3.34. The largest absolute Gasteiger partial charge is 0.493 e. The van der Waals surface area contributed by atoms with E-state index in [1.54, 1.807) is 19.2 Å². The van der Waals surface area contributed by atoms with Crippen molar-refractivity contribution in [2.24, 2.45) is 0 Å². The maximum absolute atomic E-state index is 11.8. The van der Waals surface area contributed by atoms with Gasteiger partial charge in [-0.15, -0.1) is 0 Å². The maximum Gasteiger partial charge on any atom is 0.315 e. The molecule has 0 unspecified atom stereocenters. The summed E-state index contributed by atoms with van der Waals surface area (Å²) in [4.78, 5) is 11.8. The molecule has 2 rings (SSSR count). The lowest BCUT2D eigenvalue weighted by Gasteiger charge is -2.14. The van der Waals surface area contributed by atoms with Gasteiger partial charge < -0.3 is 14.8 Å². The van der Waals surface area contributed by atoms with Crippen LogP contribution in [0.3, 0.4) is 0 Å². The van der Waals surface area contributed by atoms with Crippen molar-refractivity contribution in [3.05, 3.63) is 35.9 Å². The van der Waals surface area contributed by atoms with E-state index in [4.69, 9.17) is 9.47 Å². The monoisotopic (exact) mass is 247 g/mol. The number of carbonyl (C=O) groups is 1. The Balaban J connectivity index is 1.96. The van der Waals surface area contributed by atoms with Crippen LogP contribution in [0.25, 0.3) is 0 Å². The second-order valence-corrected chi connectivity index (χ2v) is 4.12. The summed E-state index contributed by atoms with van der Waals surface area (Å²) in [5.74, 6) is 0.803. The predicted octanol–water partition coefficient (Wildman–Crippen LogP) is 1.91. The van der Waals surface area contributed by atoms with Gasteiger partial charge in [-0.2, -0.15) is 0 Å². The molecule has 4 heteroatoms. The first kappa shape index (κ1) is 12.6. The van der Waals surface area contributed by atoms with Crippen LogP contribution >= 0.6 is 0 Å². The summed E-state index contributed by atoms with van der Waals surface area (Å²) in [6.07, 6.45) is 3.30. The molecule has 1 heterocycles. The van der Waals surface area contributed by atoms with Crippen molar-refractivity contribution >= 4 is 5.97 Å². The number of ether oxygens (including phenoxy) is 2. The van der Waals surface area contributed by atoms with Crippen LogP contribution in [0.1, 0.15) is 12.8 Å². The highest BCUT2D eigenvalue weighted by molar-refractivity contribution is 5.75. The van der Waals surface area contributed by atoms with E-state index in [0.29, 0.717) is 17.9 Å².